The van der Waals surface area contributed by atoms with E-state index in [0.717, 1.165) is 0 Å². The predicted molar refractivity (Wildman–Crippen MR) is 48.4 cm³/mol. The van der Waals surface area contributed by atoms with Gasteiger partial charge in [-0.15, -0.1) is 0 Å². The van der Waals surface area contributed by atoms with E-state index >= 15 is 0 Å². The van der Waals surface area contributed by atoms with Gasteiger partial charge in [-0.1, -0.05) is 12.1 Å². The summed E-state index contributed by atoms with van der Waals surface area (Å²) in [6.45, 7) is 1.79. The molecular weight excluding hydrogens is 170 g/mol. The van der Waals surface area contributed by atoms with Crippen LogP contribution in [0.3, 0.4) is 0 Å². The maximum Gasteiger partial charge on any atom is 0.125 e. The van der Waals surface area contributed by atoms with Gasteiger partial charge >= 0.3 is 0 Å². The molecule has 0 amide bonds. The summed E-state index contributed by atoms with van der Waals surface area (Å²) in [5, 5.41) is 30.1. The molecule has 13 heavy (non-hydrogen) atoms. The van der Waals surface area contributed by atoms with Gasteiger partial charge in [0.05, 0.1) is 5.71 Å². The van der Waals surface area contributed by atoms with Crippen LogP contribution < -0.4 is 0 Å². The summed E-state index contributed by atoms with van der Waals surface area (Å²) in [4.78, 5) is 0. The van der Waals surface area contributed by atoms with Crippen molar-refractivity contribution >= 4 is 5.71 Å². The zero-order chi connectivity index (χ0) is 9.84. The van der Waals surface area contributed by atoms with Crippen LogP contribution in [0, 0.1) is 0 Å². The highest BCUT2D eigenvalue weighted by Crippen LogP contribution is 2.23. The van der Waals surface area contributed by atoms with Crippen LogP contribution in [0.2, 0.25) is 0 Å². The average molecular weight is 181 g/mol. The summed E-state index contributed by atoms with van der Waals surface area (Å²) >= 11 is 0. The molecule has 0 saturated heterocycles. The molecule has 1 rings (SSSR count). The van der Waals surface area contributed by atoms with Crippen molar-refractivity contribution in [3.63, 3.8) is 0 Å². The minimum atomic E-state index is -0.00699. The molecule has 0 atom stereocenters. The fraction of sp³-hybridized carbons (Fsp3) is 0.222. The Morgan fingerprint density at radius 3 is 2.62 bits per heavy atom. The molecule has 0 spiro atoms. The number of aromatic hydroxyl groups is 2. The molecule has 0 aliphatic heterocycles. The van der Waals surface area contributed by atoms with Gasteiger partial charge in [-0.25, -0.2) is 0 Å². The monoisotopic (exact) mass is 181 g/mol. The first-order valence-corrected chi connectivity index (χ1v) is 3.92. The average Bonchev–Trinajstić information content (AvgIpc) is 2.13. The van der Waals surface area contributed by atoms with E-state index in [1.165, 1.54) is 18.2 Å². The lowest BCUT2D eigenvalue weighted by molar-refractivity contribution is 0.318. The first kappa shape index (κ1) is 9.38. The van der Waals surface area contributed by atoms with Gasteiger partial charge in [0.2, 0.25) is 0 Å². The van der Waals surface area contributed by atoms with E-state index in [0.29, 0.717) is 17.7 Å². The van der Waals surface area contributed by atoms with E-state index < -0.39 is 0 Å². The molecule has 3 N–H and O–H groups in total. The van der Waals surface area contributed by atoms with Crippen LogP contribution in [-0.4, -0.2) is 21.1 Å². The Bertz CT molecular complexity index is 334. The predicted octanol–water partition coefficient (Wildman–Crippen LogP) is 1.69. The number of oxime groups is 1. The van der Waals surface area contributed by atoms with Gasteiger partial charge in [-0.3, -0.25) is 0 Å². The van der Waals surface area contributed by atoms with E-state index in [9.17, 15) is 5.11 Å². The number of hydrogen-bond donors (Lipinski definition) is 3. The van der Waals surface area contributed by atoms with Gasteiger partial charge in [0, 0.05) is 5.56 Å². The Hall–Kier alpha value is -1.71. The Morgan fingerprint density at radius 1 is 1.38 bits per heavy atom. The van der Waals surface area contributed by atoms with Crippen molar-refractivity contribution in [1.82, 2.24) is 0 Å². The highest BCUT2D eigenvalue weighted by Gasteiger charge is 2.08. The maximum atomic E-state index is 9.36. The Labute approximate surface area is 75.8 Å². The molecule has 0 unspecified atom stereocenters. The van der Waals surface area contributed by atoms with E-state index in [-0.39, 0.29) is 11.5 Å². The quantitative estimate of drug-likeness (QED) is 0.281. The molecule has 1 aromatic rings. The molecule has 0 fully saturated rings. The molecule has 4 heteroatoms. The summed E-state index contributed by atoms with van der Waals surface area (Å²) in [6, 6.07) is 4.07. The zero-order valence-electron chi connectivity index (χ0n) is 7.23. The number of phenolic OH excluding ortho intramolecular Hbond substituents is 2. The van der Waals surface area contributed by atoms with Gasteiger partial charge in [0.25, 0.3) is 0 Å². The van der Waals surface area contributed by atoms with Crippen molar-refractivity contribution in [2.24, 2.45) is 5.16 Å². The van der Waals surface area contributed by atoms with Crippen molar-refractivity contribution in [2.45, 2.75) is 13.3 Å². The van der Waals surface area contributed by atoms with E-state index in [1.807, 2.05) is 0 Å². The third-order valence-electron chi connectivity index (χ3n) is 1.75. The van der Waals surface area contributed by atoms with Crippen LogP contribution in [0.4, 0.5) is 0 Å². The first-order valence-electron chi connectivity index (χ1n) is 3.92. The van der Waals surface area contributed by atoms with E-state index in [2.05, 4.69) is 5.16 Å². The third kappa shape index (κ3) is 1.90. The standard InChI is InChI=1S/C9H11NO3/c1-2-8(10-13)7-5-6(11)3-4-9(7)12/h3-5,11-13H,2H2,1H3/b10-8+. The fourth-order valence-electron chi connectivity index (χ4n) is 1.07. The molecule has 0 bridgehead atoms. The van der Waals surface area contributed by atoms with E-state index in [4.69, 9.17) is 10.3 Å². The summed E-state index contributed by atoms with van der Waals surface area (Å²) < 4.78 is 0. The summed E-state index contributed by atoms with van der Waals surface area (Å²) in [5.41, 5.74) is 0.693. The fourth-order valence-corrected chi connectivity index (χ4v) is 1.07. The van der Waals surface area contributed by atoms with Crippen LogP contribution in [0.15, 0.2) is 23.4 Å². The first-order chi connectivity index (χ1) is 6.19. The van der Waals surface area contributed by atoms with Crippen molar-refractivity contribution in [2.75, 3.05) is 0 Å². The minimum Gasteiger partial charge on any atom is -0.508 e. The second kappa shape index (κ2) is 3.80. The van der Waals surface area contributed by atoms with Gasteiger partial charge in [-0.2, -0.15) is 0 Å². The smallest absolute Gasteiger partial charge is 0.125 e. The normalized spacial score (nSPS) is 11.6. The van der Waals surface area contributed by atoms with Gasteiger partial charge < -0.3 is 15.4 Å². The Morgan fingerprint density at radius 2 is 2.08 bits per heavy atom. The molecule has 4 nitrogen and oxygen atoms in total. The third-order valence-corrected chi connectivity index (χ3v) is 1.75. The number of hydrogen-bond acceptors (Lipinski definition) is 4. The van der Waals surface area contributed by atoms with Crippen LogP contribution >= 0.6 is 0 Å². The zero-order valence-corrected chi connectivity index (χ0v) is 7.23. The van der Waals surface area contributed by atoms with Crippen molar-refractivity contribution < 1.29 is 15.4 Å². The second-order valence-electron chi connectivity index (χ2n) is 2.60. The molecule has 0 saturated carbocycles. The number of nitrogens with zero attached hydrogens (tertiary/aromatic N) is 1. The summed E-state index contributed by atoms with van der Waals surface area (Å²) in [5.74, 6) is 0.0230. The molecule has 0 heterocycles. The largest absolute Gasteiger partial charge is 0.508 e. The Kier molecular flexibility index (Phi) is 2.74. The van der Waals surface area contributed by atoms with Crippen LogP contribution in [0.5, 0.6) is 11.5 Å². The molecular formula is C9H11NO3. The lowest BCUT2D eigenvalue weighted by Crippen LogP contribution is -1.98. The molecule has 1 aromatic carbocycles. The lowest BCUT2D eigenvalue weighted by atomic mass is 10.1. The van der Waals surface area contributed by atoms with Gasteiger partial charge in [0.15, 0.2) is 0 Å². The van der Waals surface area contributed by atoms with Crippen molar-refractivity contribution in [3.8, 4) is 11.5 Å². The van der Waals surface area contributed by atoms with Gasteiger partial charge in [0.1, 0.15) is 11.5 Å². The Balaban J connectivity index is 3.19. The van der Waals surface area contributed by atoms with Crippen molar-refractivity contribution in [3.05, 3.63) is 23.8 Å². The molecule has 0 aromatic heterocycles. The lowest BCUT2D eigenvalue weighted by Gasteiger charge is -2.04. The number of benzene rings is 1. The molecule has 0 radical (unpaired) electrons. The molecule has 0 aliphatic carbocycles. The maximum absolute atomic E-state index is 9.36. The van der Waals surface area contributed by atoms with E-state index in [1.54, 1.807) is 6.92 Å². The number of rotatable bonds is 2. The highest BCUT2D eigenvalue weighted by molar-refractivity contribution is 6.02. The SMILES string of the molecule is CC/C(=N\O)c1cc(O)ccc1O. The minimum absolute atomic E-state index is 0.00699. The van der Waals surface area contributed by atoms with Crippen molar-refractivity contribution in [1.29, 1.82) is 0 Å². The highest BCUT2D eigenvalue weighted by atomic mass is 16.4. The molecule has 0 aliphatic rings. The number of phenols is 2. The van der Waals surface area contributed by atoms with Crippen LogP contribution in [-0.2, 0) is 0 Å². The van der Waals surface area contributed by atoms with Crippen LogP contribution in [0.1, 0.15) is 18.9 Å². The second-order valence-corrected chi connectivity index (χ2v) is 2.60. The van der Waals surface area contributed by atoms with Crippen LogP contribution in [0.25, 0.3) is 0 Å². The summed E-state index contributed by atoms with van der Waals surface area (Å²) in [6.07, 6.45) is 0.480. The van der Waals surface area contributed by atoms with Gasteiger partial charge in [-0.05, 0) is 24.6 Å². The molecule has 70 valence electrons. The topological polar surface area (TPSA) is 73.1 Å². The summed E-state index contributed by atoms with van der Waals surface area (Å²) in [7, 11) is 0.